The van der Waals surface area contributed by atoms with Crippen LogP contribution in [0, 0.1) is 6.92 Å². The summed E-state index contributed by atoms with van der Waals surface area (Å²) in [5.41, 5.74) is 4.83. The number of amides is 2. The molecule has 2 rings (SSSR count). The van der Waals surface area contributed by atoms with Crippen molar-refractivity contribution in [2.24, 2.45) is 0 Å². The second-order valence-corrected chi connectivity index (χ2v) is 5.93. The van der Waals surface area contributed by atoms with Gasteiger partial charge in [0, 0.05) is 24.7 Å². The quantitative estimate of drug-likeness (QED) is 0.841. The number of nitrogens with one attached hydrogen (secondary N) is 2. The summed E-state index contributed by atoms with van der Waals surface area (Å²) in [6.07, 6.45) is 2.15. The normalized spacial score (nSPS) is 10.3. The van der Waals surface area contributed by atoms with Gasteiger partial charge in [-0.05, 0) is 48.6 Å². The lowest BCUT2D eigenvalue weighted by Gasteiger charge is -2.11. The lowest BCUT2D eigenvalue weighted by Crippen LogP contribution is -2.14. The molecule has 0 bridgehead atoms. The van der Waals surface area contributed by atoms with Crippen molar-refractivity contribution in [3.63, 3.8) is 0 Å². The first kappa shape index (κ1) is 17.7. The SMILES string of the molecule is CCc1ccc(CCC(=O)Nc2cc(NC(C)=O)ccc2C)cc1. The van der Waals surface area contributed by atoms with Crippen LogP contribution in [0.2, 0.25) is 0 Å². The Labute approximate surface area is 143 Å². The first-order valence-electron chi connectivity index (χ1n) is 8.24. The van der Waals surface area contributed by atoms with E-state index in [2.05, 4.69) is 41.8 Å². The first-order chi connectivity index (χ1) is 11.5. The molecule has 0 fully saturated rings. The highest BCUT2D eigenvalue weighted by Crippen LogP contribution is 2.20. The Morgan fingerprint density at radius 2 is 1.62 bits per heavy atom. The van der Waals surface area contributed by atoms with E-state index < -0.39 is 0 Å². The van der Waals surface area contributed by atoms with Crippen molar-refractivity contribution in [2.45, 2.75) is 40.0 Å². The van der Waals surface area contributed by atoms with Crippen LogP contribution in [0.15, 0.2) is 42.5 Å². The summed E-state index contributed by atoms with van der Waals surface area (Å²) in [6, 6.07) is 13.9. The van der Waals surface area contributed by atoms with Gasteiger partial charge in [-0.1, -0.05) is 37.3 Å². The summed E-state index contributed by atoms with van der Waals surface area (Å²) in [5, 5.41) is 5.65. The number of carbonyl (C=O) groups excluding carboxylic acids is 2. The Morgan fingerprint density at radius 3 is 2.25 bits per heavy atom. The lowest BCUT2D eigenvalue weighted by atomic mass is 10.1. The van der Waals surface area contributed by atoms with Crippen LogP contribution < -0.4 is 10.6 Å². The third kappa shape index (κ3) is 5.23. The maximum atomic E-state index is 12.2. The average Bonchev–Trinajstić information content (AvgIpc) is 2.56. The van der Waals surface area contributed by atoms with Gasteiger partial charge in [0.1, 0.15) is 0 Å². The Kier molecular flexibility index (Phi) is 6.13. The fourth-order valence-electron chi connectivity index (χ4n) is 2.45. The van der Waals surface area contributed by atoms with E-state index in [0.717, 1.165) is 23.2 Å². The van der Waals surface area contributed by atoms with Crippen molar-refractivity contribution in [1.82, 2.24) is 0 Å². The minimum absolute atomic E-state index is 0.0300. The highest BCUT2D eigenvalue weighted by atomic mass is 16.2. The summed E-state index contributed by atoms with van der Waals surface area (Å²) in [4.78, 5) is 23.3. The van der Waals surface area contributed by atoms with Crippen LogP contribution >= 0.6 is 0 Å². The lowest BCUT2D eigenvalue weighted by molar-refractivity contribution is -0.116. The summed E-state index contributed by atoms with van der Waals surface area (Å²) < 4.78 is 0. The van der Waals surface area contributed by atoms with Crippen molar-refractivity contribution < 1.29 is 9.59 Å². The molecule has 0 atom stereocenters. The third-order valence-electron chi connectivity index (χ3n) is 3.90. The molecule has 4 heteroatoms. The monoisotopic (exact) mass is 324 g/mol. The zero-order valence-electron chi connectivity index (χ0n) is 14.5. The molecular formula is C20H24N2O2. The highest BCUT2D eigenvalue weighted by molar-refractivity contribution is 5.94. The summed E-state index contributed by atoms with van der Waals surface area (Å²) in [7, 11) is 0. The molecule has 2 aromatic carbocycles. The molecule has 4 nitrogen and oxygen atoms in total. The van der Waals surface area contributed by atoms with Gasteiger partial charge in [0.2, 0.25) is 11.8 Å². The van der Waals surface area contributed by atoms with Crippen molar-refractivity contribution in [2.75, 3.05) is 10.6 Å². The van der Waals surface area contributed by atoms with Gasteiger partial charge in [-0.3, -0.25) is 9.59 Å². The van der Waals surface area contributed by atoms with Crippen LogP contribution in [-0.4, -0.2) is 11.8 Å². The van der Waals surface area contributed by atoms with E-state index in [1.54, 1.807) is 6.07 Å². The zero-order chi connectivity index (χ0) is 17.5. The first-order valence-corrected chi connectivity index (χ1v) is 8.24. The Morgan fingerprint density at radius 1 is 0.958 bits per heavy atom. The van der Waals surface area contributed by atoms with Crippen LogP contribution in [-0.2, 0) is 22.4 Å². The Balaban J connectivity index is 1.94. The van der Waals surface area contributed by atoms with Gasteiger partial charge in [0.05, 0.1) is 0 Å². The predicted octanol–water partition coefficient (Wildman–Crippen LogP) is 4.09. The summed E-state index contributed by atoms with van der Waals surface area (Å²) in [6.45, 7) is 5.51. The Hall–Kier alpha value is -2.62. The van der Waals surface area contributed by atoms with E-state index in [9.17, 15) is 9.59 Å². The number of hydrogen-bond acceptors (Lipinski definition) is 2. The second-order valence-electron chi connectivity index (χ2n) is 5.93. The molecule has 2 amide bonds. The number of carbonyl (C=O) groups is 2. The smallest absolute Gasteiger partial charge is 0.224 e. The largest absolute Gasteiger partial charge is 0.326 e. The number of aryl methyl sites for hydroxylation is 3. The molecule has 24 heavy (non-hydrogen) atoms. The van der Waals surface area contributed by atoms with Crippen LogP contribution in [0.25, 0.3) is 0 Å². The Bertz CT molecular complexity index is 721. The number of hydrogen-bond donors (Lipinski definition) is 2. The van der Waals surface area contributed by atoms with Gasteiger partial charge in [0.15, 0.2) is 0 Å². The van der Waals surface area contributed by atoms with Crippen molar-refractivity contribution >= 4 is 23.2 Å². The van der Waals surface area contributed by atoms with Gasteiger partial charge in [-0.15, -0.1) is 0 Å². The number of anilines is 2. The third-order valence-corrected chi connectivity index (χ3v) is 3.90. The molecule has 0 aliphatic rings. The van der Waals surface area contributed by atoms with Crippen molar-refractivity contribution in [3.8, 4) is 0 Å². The molecule has 0 saturated heterocycles. The molecule has 2 aromatic rings. The molecule has 0 saturated carbocycles. The molecule has 126 valence electrons. The zero-order valence-corrected chi connectivity index (χ0v) is 14.5. The van der Waals surface area contributed by atoms with Gasteiger partial charge >= 0.3 is 0 Å². The molecule has 0 unspecified atom stereocenters. The van der Waals surface area contributed by atoms with Crippen LogP contribution in [0.3, 0.4) is 0 Å². The van der Waals surface area contributed by atoms with Gasteiger partial charge < -0.3 is 10.6 Å². The topological polar surface area (TPSA) is 58.2 Å². The van der Waals surface area contributed by atoms with E-state index in [4.69, 9.17) is 0 Å². The molecule has 0 spiro atoms. The molecule has 0 aromatic heterocycles. The minimum Gasteiger partial charge on any atom is -0.326 e. The van der Waals surface area contributed by atoms with Crippen LogP contribution in [0.4, 0.5) is 11.4 Å². The molecule has 0 radical (unpaired) electrons. The van der Waals surface area contributed by atoms with Crippen LogP contribution in [0.1, 0.15) is 37.0 Å². The molecule has 2 N–H and O–H groups in total. The van der Waals surface area contributed by atoms with E-state index in [1.807, 2.05) is 19.1 Å². The summed E-state index contributed by atoms with van der Waals surface area (Å²) >= 11 is 0. The van der Waals surface area contributed by atoms with Gasteiger partial charge in [-0.2, -0.15) is 0 Å². The number of rotatable bonds is 6. The van der Waals surface area contributed by atoms with E-state index in [0.29, 0.717) is 18.5 Å². The van der Waals surface area contributed by atoms with Crippen molar-refractivity contribution in [3.05, 3.63) is 59.2 Å². The molecule has 0 heterocycles. The maximum Gasteiger partial charge on any atom is 0.224 e. The average molecular weight is 324 g/mol. The van der Waals surface area contributed by atoms with Gasteiger partial charge in [-0.25, -0.2) is 0 Å². The van der Waals surface area contributed by atoms with Gasteiger partial charge in [0.25, 0.3) is 0 Å². The van der Waals surface area contributed by atoms with E-state index in [1.165, 1.54) is 12.5 Å². The second kappa shape index (κ2) is 8.29. The highest BCUT2D eigenvalue weighted by Gasteiger charge is 2.07. The van der Waals surface area contributed by atoms with Crippen LogP contribution in [0.5, 0.6) is 0 Å². The minimum atomic E-state index is -0.133. The van der Waals surface area contributed by atoms with Crippen molar-refractivity contribution in [1.29, 1.82) is 0 Å². The standard InChI is InChI=1S/C20H24N2O2/c1-4-16-6-8-17(9-7-16)10-12-20(24)22-19-13-18(21-15(3)23)11-5-14(19)2/h5-9,11,13H,4,10,12H2,1-3H3,(H,21,23)(H,22,24). The summed E-state index contributed by atoms with van der Waals surface area (Å²) in [5.74, 6) is -0.163. The maximum absolute atomic E-state index is 12.2. The molecule has 0 aliphatic carbocycles. The predicted molar refractivity (Wildman–Crippen MR) is 98.3 cm³/mol. The molecule has 0 aliphatic heterocycles. The number of benzene rings is 2. The molecular weight excluding hydrogens is 300 g/mol. The fourth-order valence-corrected chi connectivity index (χ4v) is 2.45. The van der Waals surface area contributed by atoms with E-state index in [-0.39, 0.29) is 11.8 Å². The fraction of sp³-hybridized carbons (Fsp3) is 0.300. The van der Waals surface area contributed by atoms with E-state index >= 15 is 0 Å².